The molecule has 1 aromatic rings. The molecule has 0 radical (unpaired) electrons. The van der Waals surface area contributed by atoms with Gasteiger partial charge in [-0.15, -0.1) is 0 Å². The highest BCUT2D eigenvalue weighted by Crippen LogP contribution is 2.22. The van der Waals surface area contributed by atoms with E-state index in [0.717, 1.165) is 0 Å². The smallest absolute Gasteiger partial charge is 0.203 e. The van der Waals surface area contributed by atoms with Crippen LogP contribution in [0.2, 0.25) is 5.15 Å². The van der Waals surface area contributed by atoms with Gasteiger partial charge in [0.05, 0.1) is 6.10 Å². The first-order valence-electron chi connectivity index (χ1n) is 4.14. The molecule has 1 heterocycles. The summed E-state index contributed by atoms with van der Waals surface area (Å²) in [5.74, 6) is 0.262. The largest absolute Gasteiger partial charge is 0.478 e. The van der Waals surface area contributed by atoms with Crippen LogP contribution in [-0.2, 0) is 0 Å². The lowest BCUT2D eigenvalue weighted by Gasteiger charge is -2.16. The van der Waals surface area contributed by atoms with Crippen molar-refractivity contribution in [3.8, 4) is 5.75 Å². The van der Waals surface area contributed by atoms with Crippen molar-refractivity contribution in [2.75, 3.05) is 0 Å². The number of hydrogen-bond donors (Lipinski definition) is 1. The van der Waals surface area contributed by atoms with Crippen molar-refractivity contribution in [2.45, 2.75) is 19.3 Å². The van der Waals surface area contributed by atoms with Crippen LogP contribution >= 0.6 is 11.6 Å². The van der Waals surface area contributed by atoms with Crippen molar-refractivity contribution in [3.63, 3.8) is 0 Å². The van der Waals surface area contributed by atoms with Gasteiger partial charge in [0, 0.05) is 11.1 Å². The van der Waals surface area contributed by atoms with Crippen LogP contribution in [0, 0.1) is 0 Å². The lowest BCUT2D eigenvalue weighted by molar-refractivity contribution is 0.0530. The average molecular weight is 229 g/mol. The summed E-state index contributed by atoms with van der Waals surface area (Å²) in [6.07, 6.45) is -0.450. The molecule has 0 spiro atoms. The third-order valence-corrected chi connectivity index (χ3v) is 1.83. The summed E-state index contributed by atoms with van der Waals surface area (Å²) < 4.78 is 5.18. The fourth-order valence-corrected chi connectivity index (χ4v) is 1.02. The molecule has 0 aliphatic heterocycles. The number of aliphatic hydroxyl groups excluding tert-OH is 1. The van der Waals surface area contributed by atoms with Gasteiger partial charge in [-0.2, -0.15) is 0 Å². The van der Waals surface area contributed by atoms with Crippen molar-refractivity contribution in [3.05, 3.63) is 33.9 Å². The first-order valence-corrected chi connectivity index (χ1v) is 4.52. The van der Waals surface area contributed by atoms with E-state index in [0.29, 0.717) is 0 Å². The zero-order chi connectivity index (χ0) is 11.3. The van der Waals surface area contributed by atoms with E-state index in [2.05, 4.69) is 15.0 Å². The third kappa shape index (κ3) is 3.28. The second-order valence-electron chi connectivity index (χ2n) is 2.75. The third-order valence-electron chi connectivity index (χ3n) is 1.55. The standard InChI is InChI=1S/C8H9ClN4O2/c1-5(14)8(12-13-10)15-6-3-2-4-11-7(6)9/h2-5,8,14H,1H3/t5-,8?/m0/s1. The number of rotatable bonds is 4. The Hall–Kier alpha value is -1.49. The maximum Gasteiger partial charge on any atom is 0.203 e. The Morgan fingerprint density at radius 3 is 3.00 bits per heavy atom. The summed E-state index contributed by atoms with van der Waals surface area (Å²) in [5.41, 5.74) is 8.25. The molecule has 1 rings (SSSR count). The maximum absolute atomic E-state index is 9.24. The number of halogens is 1. The maximum atomic E-state index is 9.24. The van der Waals surface area contributed by atoms with Gasteiger partial charge in [-0.1, -0.05) is 11.6 Å². The van der Waals surface area contributed by atoms with Crippen LogP contribution in [0.15, 0.2) is 23.4 Å². The van der Waals surface area contributed by atoms with Crippen LogP contribution in [0.1, 0.15) is 6.92 Å². The van der Waals surface area contributed by atoms with Crippen molar-refractivity contribution < 1.29 is 9.84 Å². The molecule has 1 aromatic heterocycles. The first-order chi connectivity index (χ1) is 7.15. The van der Waals surface area contributed by atoms with Gasteiger partial charge in [0.2, 0.25) is 6.23 Å². The van der Waals surface area contributed by atoms with E-state index in [1.54, 1.807) is 12.1 Å². The SMILES string of the molecule is C[C@H](O)C(N=[N+]=[N-])Oc1cccnc1Cl. The Balaban J connectivity index is 2.83. The fourth-order valence-electron chi connectivity index (χ4n) is 0.859. The highest BCUT2D eigenvalue weighted by Gasteiger charge is 2.16. The van der Waals surface area contributed by atoms with Crippen LogP contribution in [-0.4, -0.2) is 22.4 Å². The van der Waals surface area contributed by atoms with Gasteiger partial charge in [0.1, 0.15) is 0 Å². The van der Waals surface area contributed by atoms with Gasteiger partial charge in [-0.25, -0.2) is 4.98 Å². The Kier molecular flexibility index (Phi) is 4.17. The molecule has 0 aliphatic rings. The second kappa shape index (κ2) is 5.41. The molecule has 1 unspecified atom stereocenters. The van der Waals surface area contributed by atoms with Gasteiger partial charge >= 0.3 is 0 Å². The van der Waals surface area contributed by atoms with Gasteiger partial charge in [-0.05, 0) is 29.7 Å². The van der Waals surface area contributed by atoms with Crippen LogP contribution < -0.4 is 4.74 Å². The number of azide groups is 1. The molecule has 15 heavy (non-hydrogen) atoms. The molecule has 2 atom stereocenters. The van der Waals surface area contributed by atoms with E-state index in [4.69, 9.17) is 21.9 Å². The van der Waals surface area contributed by atoms with E-state index in [1.807, 2.05) is 0 Å². The molecule has 0 fully saturated rings. The molecule has 0 saturated carbocycles. The van der Waals surface area contributed by atoms with Gasteiger partial charge in [0.25, 0.3) is 0 Å². The zero-order valence-electron chi connectivity index (χ0n) is 7.91. The van der Waals surface area contributed by atoms with E-state index >= 15 is 0 Å². The van der Waals surface area contributed by atoms with E-state index in [9.17, 15) is 5.11 Å². The number of ether oxygens (including phenoxy) is 1. The number of hydrogen-bond acceptors (Lipinski definition) is 4. The molecule has 0 aliphatic carbocycles. The molecular formula is C8H9ClN4O2. The molecule has 80 valence electrons. The highest BCUT2D eigenvalue weighted by molar-refractivity contribution is 6.30. The molecule has 0 amide bonds. The minimum atomic E-state index is -1.02. The van der Waals surface area contributed by atoms with Crippen LogP contribution in [0.5, 0.6) is 5.75 Å². The zero-order valence-corrected chi connectivity index (χ0v) is 8.66. The Morgan fingerprint density at radius 1 is 1.73 bits per heavy atom. The molecule has 0 saturated heterocycles. The summed E-state index contributed by atoms with van der Waals surface area (Å²) in [6.45, 7) is 1.45. The van der Waals surface area contributed by atoms with E-state index in [-0.39, 0.29) is 10.9 Å². The summed E-state index contributed by atoms with van der Waals surface area (Å²) in [4.78, 5) is 6.34. The summed E-state index contributed by atoms with van der Waals surface area (Å²) in [6, 6.07) is 3.19. The Labute approximate surface area is 91.1 Å². The monoisotopic (exact) mass is 228 g/mol. The second-order valence-corrected chi connectivity index (χ2v) is 3.10. The minimum absolute atomic E-state index is 0.149. The Bertz CT molecular complexity index is 379. The number of pyridine rings is 1. The normalized spacial score (nSPS) is 13.8. The lowest BCUT2D eigenvalue weighted by atomic mass is 10.3. The number of aliphatic hydroxyl groups is 1. The molecule has 6 nitrogen and oxygen atoms in total. The van der Waals surface area contributed by atoms with Gasteiger partial charge in [0.15, 0.2) is 10.9 Å². The predicted molar refractivity (Wildman–Crippen MR) is 54.5 cm³/mol. The van der Waals surface area contributed by atoms with E-state index < -0.39 is 12.3 Å². The number of nitrogens with zero attached hydrogens (tertiary/aromatic N) is 4. The quantitative estimate of drug-likeness (QED) is 0.370. The van der Waals surface area contributed by atoms with Crippen molar-refractivity contribution in [1.29, 1.82) is 0 Å². The van der Waals surface area contributed by atoms with Crippen LogP contribution in [0.4, 0.5) is 0 Å². The molecule has 1 N–H and O–H groups in total. The van der Waals surface area contributed by atoms with Crippen LogP contribution in [0.25, 0.3) is 10.4 Å². The first kappa shape index (κ1) is 11.6. The minimum Gasteiger partial charge on any atom is -0.478 e. The molecular weight excluding hydrogens is 220 g/mol. The average Bonchev–Trinajstić information content (AvgIpc) is 2.20. The van der Waals surface area contributed by atoms with Crippen LogP contribution in [0.3, 0.4) is 0 Å². The van der Waals surface area contributed by atoms with Crippen molar-refractivity contribution in [1.82, 2.24) is 4.98 Å². The summed E-state index contributed by atoms with van der Waals surface area (Å²) in [5, 5.41) is 12.7. The summed E-state index contributed by atoms with van der Waals surface area (Å²) in [7, 11) is 0. The van der Waals surface area contributed by atoms with Crippen molar-refractivity contribution >= 4 is 11.6 Å². The topological polar surface area (TPSA) is 91.1 Å². The fraction of sp³-hybridized carbons (Fsp3) is 0.375. The predicted octanol–water partition coefficient (Wildman–Crippen LogP) is 2.13. The van der Waals surface area contributed by atoms with Crippen molar-refractivity contribution in [2.24, 2.45) is 5.11 Å². The molecule has 7 heteroatoms. The molecule has 0 aromatic carbocycles. The summed E-state index contributed by atoms with van der Waals surface area (Å²) >= 11 is 5.72. The molecule has 0 bridgehead atoms. The highest BCUT2D eigenvalue weighted by atomic mass is 35.5. The van der Waals surface area contributed by atoms with E-state index in [1.165, 1.54) is 13.1 Å². The Morgan fingerprint density at radius 2 is 2.47 bits per heavy atom. The van der Waals surface area contributed by atoms with Gasteiger partial charge < -0.3 is 9.84 Å². The van der Waals surface area contributed by atoms with Gasteiger partial charge in [-0.3, -0.25) is 0 Å². The number of aromatic nitrogens is 1. The lowest BCUT2D eigenvalue weighted by Crippen LogP contribution is -2.26.